The van der Waals surface area contributed by atoms with Gasteiger partial charge in [0.15, 0.2) is 0 Å². The fourth-order valence-electron chi connectivity index (χ4n) is 1.14. The third-order valence-corrected chi connectivity index (χ3v) is 2.17. The van der Waals surface area contributed by atoms with E-state index in [1.807, 2.05) is 6.92 Å². The van der Waals surface area contributed by atoms with Crippen molar-refractivity contribution < 1.29 is 14.9 Å². The number of aromatic hydroxyl groups is 1. The number of nitrogens with two attached hydrogens (primary N) is 1. The van der Waals surface area contributed by atoms with Gasteiger partial charge in [0.25, 0.3) is 0 Å². The molecule has 0 aliphatic heterocycles. The molecule has 0 fully saturated rings. The molecule has 1 aromatic carbocycles. The number of aliphatic hydroxyl groups excluding tert-OH is 1. The third-order valence-electron chi connectivity index (χ3n) is 2.17. The Morgan fingerprint density at radius 2 is 2.25 bits per heavy atom. The minimum Gasteiger partial charge on any atom is -0.507 e. The van der Waals surface area contributed by atoms with Crippen LogP contribution in [0.3, 0.4) is 0 Å². The van der Waals surface area contributed by atoms with E-state index < -0.39 is 6.10 Å². The summed E-state index contributed by atoms with van der Waals surface area (Å²) >= 11 is 0. The predicted molar refractivity (Wildman–Crippen MR) is 60.9 cm³/mol. The molecule has 0 saturated carbocycles. The van der Waals surface area contributed by atoms with Crippen LogP contribution in [-0.4, -0.2) is 28.8 Å². The highest BCUT2D eigenvalue weighted by Gasteiger charge is 2.07. The summed E-state index contributed by atoms with van der Waals surface area (Å²) in [5.74, 6) is 0.142. The third kappa shape index (κ3) is 3.13. The topological polar surface area (TPSA) is 99.6 Å². The van der Waals surface area contributed by atoms with Gasteiger partial charge in [0.1, 0.15) is 23.9 Å². The number of nitrogens with one attached hydrogen (secondary N) is 1. The number of phenolic OH excluding ortho intramolecular Hbond substituents is 1. The first-order chi connectivity index (χ1) is 7.54. The van der Waals surface area contributed by atoms with Crippen LogP contribution < -0.4 is 10.5 Å². The number of amidine groups is 1. The van der Waals surface area contributed by atoms with E-state index in [2.05, 4.69) is 0 Å². The molecule has 0 aliphatic carbocycles. The molecule has 0 bridgehead atoms. The van der Waals surface area contributed by atoms with Crippen LogP contribution in [0.5, 0.6) is 11.5 Å². The molecule has 1 unspecified atom stereocenters. The Morgan fingerprint density at radius 3 is 2.75 bits per heavy atom. The number of hydrogen-bond acceptors (Lipinski definition) is 4. The van der Waals surface area contributed by atoms with E-state index in [9.17, 15) is 10.2 Å². The van der Waals surface area contributed by atoms with Gasteiger partial charge in [0.05, 0.1) is 11.7 Å². The van der Waals surface area contributed by atoms with Crippen molar-refractivity contribution in [2.24, 2.45) is 5.73 Å². The zero-order valence-corrected chi connectivity index (χ0v) is 9.10. The maximum absolute atomic E-state index is 9.52. The van der Waals surface area contributed by atoms with Gasteiger partial charge in [-0.1, -0.05) is 6.92 Å². The van der Waals surface area contributed by atoms with Gasteiger partial charge in [-0.25, -0.2) is 0 Å². The molecule has 5 N–H and O–H groups in total. The van der Waals surface area contributed by atoms with Crippen molar-refractivity contribution in [1.29, 1.82) is 5.41 Å². The van der Waals surface area contributed by atoms with Gasteiger partial charge in [-0.3, -0.25) is 5.41 Å². The van der Waals surface area contributed by atoms with Crippen LogP contribution >= 0.6 is 0 Å². The quantitative estimate of drug-likeness (QED) is 0.439. The molecule has 1 rings (SSSR count). The van der Waals surface area contributed by atoms with Crippen LogP contribution in [0.25, 0.3) is 0 Å². The molecule has 0 saturated heterocycles. The summed E-state index contributed by atoms with van der Waals surface area (Å²) in [6, 6.07) is 4.48. The number of benzene rings is 1. The first-order valence-corrected chi connectivity index (χ1v) is 5.02. The highest BCUT2D eigenvalue weighted by molar-refractivity contribution is 5.97. The van der Waals surface area contributed by atoms with Crippen LogP contribution in [0.15, 0.2) is 18.2 Å². The Hall–Kier alpha value is -1.75. The Balaban J connectivity index is 2.70. The van der Waals surface area contributed by atoms with Gasteiger partial charge >= 0.3 is 0 Å². The number of hydrogen-bond donors (Lipinski definition) is 4. The Bertz CT molecular complexity index is 379. The van der Waals surface area contributed by atoms with Gasteiger partial charge in [-0.15, -0.1) is 0 Å². The van der Waals surface area contributed by atoms with Crippen LogP contribution in [0, 0.1) is 5.41 Å². The second kappa shape index (κ2) is 5.37. The number of ether oxygens (including phenoxy) is 1. The molecule has 0 aliphatic rings. The van der Waals surface area contributed by atoms with Crippen molar-refractivity contribution in [3.63, 3.8) is 0 Å². The number of rotatable bonds is 5. The van der Waals surface area contributed by atoms with E-state index in [1.165, 1.54) is 12.1 Å². The van der Waals surface area contributed by atoms with Crippen LogP contribution in [0.2, 0.25) is 0 Å². The molecule has 1 atom stereocenters. The fourth-order valence-corrected chi connectivity index (χ4v) is 1.14. The largest absolute Gasteiger partial charge is 0.507 e. The predicted octanol–water partition coefficient (Wildman–Crippen LogP) is 0.826. The van der Waals surface area contributed by atoms with Crippen molar-refractivity contribution in [2.75, 3.05) is 6.61 Å². The van der Waals surface area contributed by atoms with Gasteiger partial charge in [0, 0.05) is 6.07 Å². The normalized spacial score (nSPS) is 12.1. The van der Waals surface area contributed by atoms with E-state index >= 15 is 0 Å². The maximum Gasteiger partial charge on any atom is 0.130 e. The molecule has 5 heteroatoms. The average Bonchev–Trinajstić information content (AvgIpc) is 2.25. The molecule has 5 nitrogen and oxygen atoms in total. The second-order valence-electron chi connectivity index (χ2n) is 3.47. The SMILES string of the molecule is CCC(O)COc1ccc(C(=N)N)c(O)c1. The summed E-state index contributed by atoms with van der Waals surface area (Å²) < 4.78 is 5.25. The van der Waals surface area contributed by atoms with Crippen molar-refractivity contribution in [3.05, 3.63) is 23.8 Å². The Morgan fingerprint density at radius 1 is 1.56 bits per heavy atom. The van der Waals surface area contributed by atoms with Gasteiger partial charge in [-0.2, -0.15) is 0 Å². The molecule has 0 aromatic heterocycles. The highest BCUT2D eigenvalue weighted by Crippen LogP contribution is 2.23. The molecule has 0 amide bonds. The number of aliphatic hydroxyl groups is 1. The highest BCUT2D eigenvalue weighted by atomic mass is 16.5. The molecule has 1 aromatic rings. The summed E-state index contributed by atoms with van der Waals surface area (Å²) in [6.07, 6.45) is 0.0898. The minimum atomic E-state index is -0.519. The van der Waals surface area contributed by atoms with Crippen molar-refractivity contribution in [2.45, 2.75) is 19.4 Å². The molecule has 0 spiro atoms. The van der Waals surface area contributed by atoms with E-state index in [1.54, 1.807) is 6.07 Å². The number of nitrogen functional groups attached to an aromatic ring is 1. The van der Waals surface area contributed by atoms with Crippen LogP contribution in [-0.2, 0) is 0 Å². The fraction of sp³-hybridized carbons (Fsp3) is 0.364. The summed E-state index contributed by atoms with van der Waals surface area (Å²) in [5, 5.41) is 26.0. The zero-order chi connectivity index (χ0) is 12.1. The lowest BCUT2D eigenvalue weighted by Crippen LogP contribution is -2.16. The molecular formula is C11H16N2O3. The van der Waals surface area contributed by atoms with Crippen molar-refractivity contribution in [1.82, 2.24) is 0 Å². The summed E-state index contributed by atoms with van der Waals surface area (Å²) in [6.45, 7) is 2.03. The van der Waals surface area contributed by atoms with Crippen LogP contribution in [0.4, 0.5) is 0 Å². The summed E-state index contributed by atoms with van der Waals surface area (Å²) in [5.41, 5.74) is 5.52. The lowest BCUT2D eigenvalue weighted by molar-refractivity contribution is 0.104. The smallest absolute Gasteiger partial charge is 0.130 e. The van der Waals surface area contributed by atoms with E-state index in [0.29, 0.717) is 12.2 Å². The monoisotopic (exact) mass is 224 g/mol. The van der Waals surface area contributed by atoms with E-state index in [0.717, 1.165) is 0 Å². The van der Waals surface area contributed by atoms with Crippen molar-refractivity contribution >= 4 is 5.84 Å². The van der Waals surface area contributed by atoms with E-state index in [-0.39, 0.29) is 23.8 Å². The molecule has 0 heterocycles. The lowest BCUT2D eigenvalue weighted by Gasteiger charge is -2.11. The second-order valence-corrected chi connectivity index (χ2v) is 3.47. The average molecular weight is 224 g/mol. The van der Waals surface area contributed by atoms with Crippen LogP contribution in [0.1, 0.15) is 18.9 Å². The minimum absolute atomic E-state index is 0.101. The van der Waals surface area contributed by atoms with Gasteiger partial charge in [-0.05, 0) is 18.6 Å². The molecular weight excluding hydrogens is 208 g/mol. The standard InChI is InChI=1S/C11H16N2O3/c1-2-7(14)6-16-8-3-4-9(11(12)13)10(15)5-8/h3-5,7,14-15H,2,6H2,1H3,(H3,12,13). The Labute approximate surface area is 94.0 Å². The van der Waals surface area contributed by atoms with E-state index in [4.69, 9.17) is 15.9 Å². The lowest BCUT2D eigenvalue weighted by atomic mass is 10.2. The van der Waals surface area contributed by atoms with Gasteiger partial charge in [0.2, 0.25) is 0 Å². The number of phenols is 1. The van der Waals surface area contributed by atoms with Gasteiger partial charge < -0.3 is 20.7 Å². The summed E-state index contributed by atoms with van der Waals surface area (Å²) in [7, 11) is 0. The first-order valence-electron chi connectivity index (χ1n) is 5.02. The Kier molecular flexibility index (Phi) is 4.13. The molecule has 88 valence electrons. The first kappa shape index (κ1) is 12.3. The molecule has 0 radical (unpaired) electrons. The summed E-state index contributed by atoms with van der Waals surface area (Å²) in [4.78, 5) is 0. The maximum atomic E-state index is 9.52. The molecule has 16 heavy (non-hydrogen) atoms. The van der Waals surface area contributed by atoms with Crippen molar-refractivity contribution in [3.8, 4) is 11.5 Å². The zero-order valence-electron chi connectivity index (χ0n) is 9.10.